The molecule has 0 radical (unpaired) electrons. The summed E-state index contributed by atoms with van der Waals surface area (Å²) in [5, 5.41) is 7.61. The van der Waals surface area contributed by atoms with E-state index in [4.69, 9.17) is 0 Å². The molecule has 0 bridgehead atoms. The van der Waals surface area contributed by atoms with E-state index in [9.17, 15) is 8.42 Å². The summed E-state index contributed by atoms with van der Waals surface area (Å²) in [6.07, 6.45) is 0. The van der Waals surface area contributed by atoms with Gasteiger partial charge in [0.05, 0.1) is 11.4 Å². The van der Waals surface area contributed by atoms with Crippen LogP contribution in [0.1, 0.15) is 36.8 Å². The van der Waals surface area contributed by atoms with Crippen molar-refractivity contribution in [2.75, 3.05) is 18.1 Å². The van der Waals surface area contributed by atoms with Crippen LogP contribution in [0.2, 0.25) is 0 Å². The highest BCUT2D eigenvalue weighted by molar-refractivity contribution is 7.91. The number of hydrogen-bond donors (Lipinski definition) is 1. The minimum absolute atomic E-state index is 0.116. The summed E-state index contributed by atoms with van der Waals surface area (Å²) >= 11 is 0. The molecule has 18 heavy (non-hydrogen) atoms. The van der Waals surface area contributed by atoms with Crippen molar-refractivity contribution in [2.45, 2.75) is 33.7 Å². The van der Waals surface area contributed by atoms with Crippen molar-refractivity contribution in [1.29, 1.82) is 0 Å². The molecule has 5 nitrogen and oxygen atoms in total. The summed E-state index contributed by atoms with van der Waals surface area (Å²) in [6.45, 7) is 8.19. The number of hydrogen-bond acceptors (Lipinski definition) is 4. The maximum absolute atomic E-state index is 11.4. The van der Waals surface area contributed by atoms with Gasteiger partial charge in [0.2, 0.25) is 0 Å². The second kappa shape index (κ2) is 5.84. The number of aromatic nitrogens is 2. The molecule has 1 rings (SSSR count). The molecule has 1 aromatic rings. The molecule has 0 amide bonds. The highest BCUT2D eigenvalue weighted by Gasteiger charge is 2.16. The summed E-state index contributed by atoms with van der Waals surface area (Å²) in [7, 11) is -0.979. The molecule has 0 spiro atoms. The number of nitrogens with zero attached hydrogens (tertiary/aromatic N) is 2. The van der Waals surface area contributed by atoms with Crippen molar-refractivity contribution < 1.29 is 8.42 Å². The molecule has 0 fully saturated rings. The zero-order valence-electron chi connectivity index (χ0n) is 11.8. The van der Waals surface area contributed by atoms with Crippen LogP contribution in [-0.2, 0) is 16.9 Å². The lowest BCUT2D eigenvalue weighted by molar-refractivity contribution is 0.570. The summed E-state index contributed by atoms with van der Waals surface area (Å²) in [6, 6.07) is 0.116. The van der Waals surface area contributed by atoms with Crippen molar-refractivity contribution >= 4 is 9.84 Å². The lowest BCUT2D eigenvalue weighted by atomic mass is 10.1. The molecule has 6 heteroatoms. The summed E-state index contributed by atoms with van der Waals surface area (Å²) < 4.78 is 24.7. The van der Waals surface area contributed by atoms with E-state index in [0.717, 1.165) is 17.0 Å². The smallest absolute Gasteiger partial charge is 0.151 e. The normalized spacial score (nSPS) is 13.8. The van der Waals surface area contributed by atoms with Crippen LogP contribution >= 0.6 is 0 Å². The van der Waals surface area contributed by atoms with Gasteiger partial charge in [-0.05, 0) is 20.8 Å². The molecule has 0 aromatic carbocycles. The standard InChI is InChI=1S/C12H23N3O2S/c1-6-18(16,17)8-7-13-9(2)12-10(3)14-15(5)11(12)4/h9,13H,6-8H2,1-5H3. The van der Waals surface area contributed by atoms with Crippen molar-refractivity contribution in [3.05, 3.63) is 17.0 Å². The number of aryl methyl sites for hydroxylation is 2. The fourth-order valence-electron chi connectivity index (χ4n) is 2.09. The number of nitrogens with one attached hydrogen (secondary N) is 1. The van der Waals surface area contributed by atoms with E-state index in [1.54, 1.807) is 6.92 Å². The number of sulfone groups is 1. The Morgan fingerprint density at radius 3 is 2.44 bits per heavy atom. The Bertz CT molecular complexity index is 506. The van der Waals surface area contributed by atoms with Crippen LogP contribution < -0.4 is 5.32 Å². The van der Waals surface area contributed by atoms with Crippen LogP contribution in [0.3, 0.4) is 0 Å². The second-order valence-electron chi connectivity index (χ2n) is 4.62. The predicted octanol–water partition coefficient (Wildman–Crippen LogP) is 1.12. The van der Waals surface area contributed by atoms with Gasteiger partial charge in [0, 0.05) is 36.6 Å². The SMILES string of the molecule is CCS(=O)(=O)CCNC(C)c1c(C)nn(C)c1C. The average molecular weight is 273 g/mol. The van der Waals surface area contributed by atoms with Crippen LogP contribution in [0, 0.1) is 13.8 Å². The molecule has 1 N–H and O–H groups in total. The lowest BCUT2D eigenvalue weighted by Crippen LogP contribution is -2.27. The van der Waals surface area contributed by atoms with Gasteiger partial charge in [0.1, 0.15) is 0 Å². The minimum atomic E-state index is -2.90. The lowest BCUT2D eigenvalue weighted by Gasteiger charge is -2.14. The first-order chi connectivity index (χ1) is 8.28. The van der Waals surface area contributed by atoms with Gasteiger partial charge in [-0.2, -0.15) is 5.10 Å². The van der Waals surface area contributed by atoms with Crippen LogP contribution in [0.4, 0.5) is 0 Å². The van der Waals surface area contributed by atoms with E-state index in [2.05, 4.69) is 10.4 Å². The van der Waals surface area contributed by atoms with E-state index in [0.29, 0.717) is 6.54 Å². The Kier molecular flexibility index (Phi) is 4.92. The van der Waals surface area contributed by atoms with Gasteiger partial charge in [0.15, 0.2) is 9.84 Å². The first kappa shape index (κ1) is 15.2. The van der Waals surface area contributed by atoms with E-state index < -0.39 is 9.84 Å². The van der Waals surface area contributed by atoms with Crippen LogP contribution in [-0.4, -0.2) is 36.2 Å². The van der Waals surface area contributed by atoms with Gasteiger partial charge in [-0.15, -0.1) is 0 Å². The zero-order chi connectivity index (χ0) is 13.9. The molecule has 1 atom stereocenters. The Balaban J connectivity index is 2.64. The second-order valence-corrected chi connectivity index (χ2v) is 7.09. The van der Waals surface area contributed by atoms with Gasteiger partial charge in [-0.25, -0.2) is 8.42 Å². The minimum Gasteiger partial charge on any atom is -0.309 e. The topological polar surface area (TPSA) is 64.0 Å². The molecule has 0 saturated carbocycles. The Morgan fingerprint density at radius 2 is 2.00 bits per heavy atom. The first-order valence-electron chi connectivity index (χ1n) is 6.22. The third kappa shape index (κ3) is 3.55. The van der Waals surface area contributed by atoms with Gasteiger partial charge >= 0.3 is 0 Å². The van der Waals surface area contributed by atoms with Gasteiger partial charge in [-0.3, -0.25) is 4.68 Å². The summed E-state index contributed by atoms with van der Waals surface area (Å²) in [4.78, 5) is 0. The molecule has 1 aromatic heterocycles. The van der Waals surface area contributed by atoms with Crippen LogP contribution in [0.25, 0.3) is 0 Å². The summed E-state index contributed by atoms with van der Waals surface area (Å²) in [5.41, 5.74) is 3.27. The van der Waals surface area contributed by atoms with Crippen molar-refractivity contribution in [1.82, 2.24) is 15.1 Å². The van der Waals surface area contributed by atoms with E-state index in [1.807, 2.05) is 32.5 Å². The van der Waals surface area contributed by atoms with Crippen molar-refractivity contribution in [2.24, 2.45) is 7.05 Å². The Labute approximate surface area is 109 Å². The molecule has 0 aliphatic heterocycles. The summed E-state index contributed by atoms with van der Waals surface area (Å²) in [5.74, 6) is 0.389. The Morgan fingerprint density at radius 1 is 1.39 bits per heavy atom. The third-order valence-electron chi connectivity index (χ3n) is 3.30. The van der Waals surface area contributed by atoms with Gasteiger partial charge in [0.25, 0.3) is 0 Å². The molecule has 0 aliphatic carbocycles. The van der Waals surface area contributed by atoms with Crippen LogP contribution in [0.5, 0.6) is 0 Å². The molecule has 0 aliphatic rings. The third-order valence-corrected chi connectivity index (χ3v) is 5.01. The van der Waals surface area contributed by atoms with Gasteiger partial charge < -0.3 is 5.32 Å². The first-order valence-corrected chi connectivity index (χ1v) is 8.04. The fraction of sp³-hybridized carbons (Fsp3) is 0.750. The van der Waals surface area contributed by atoms with E-state index >= 15 is 0 Å². The molecule has 1 heterocycles. The van der Waals surface area contributed by atoms with Crippen LogP contribution in [0.15, 0.2) is 0 Å². The van der Waals surface area contributed by atoms with Crippen molar-refractivity contribution in [3.63, 3.8) is 0 Å². The van der Waals surface area contributed by atoms with E-state index in [1.165, 1.54) is 0 Å². The highest BCUT2D eigenvalue weighted by Crippen LogP contribution is 2.20. The molecular formula is C12H23N3O2S. The molecule has 1 unspecified atom stereocenters. The maximum Gasteiger partial charge on any atom is 0.151 e. The Hall–Kier alpha value is -0.880. The average Bonchev–Trinajstić information content (AvgIpc) is 2.53. The molecular weight excluding hydrogens is 250 g/mol. The zero-order valence-corrected chi connectivity index (χ0v) is 12.6. The fourth-order valence-corrected chi connectivity index (χ4v) is 2.81. The quantitative estimate of drug-likeness (QED) is 0.843. The largest absolute Gasteiger partial charge is 0.309 e. The monoisotopic (exact) mass is 273 g/mol. The maximum atomic E-state index is 11.4. The molecule has 0 saturated heterocycles. The predicted molar refractivity (Wildman–Crippen MR) is 73.4 cm³/mol. The molecule has 104 valence electrons. The van der Waals surface area contributed by atoms with E-state index in [-0.39, 0.29) is 17.5 Å². The van der Waals surface area contributed by atoms with Gasteiger partial charge in [-0.1, -0.05) is 6.92 Å². The highest BCUT2D eigenvalue weighted by atomic mass is 32.2. The number of rotatable bonds is 6. The van der Waals surface area contributed by atoms with Crippen molar-refractivity contribution in [3.8, 4) is 0 Å².